The van der Waals surface area contributed by atoms with Crippen molar-refractivity contribution >= 4 is 32.9 Å². The standard InChI is InChI=1S/C28H27N5O6S/c1-17-25(27(35)30-21-6-5-7-22(15-21)40(4,36)37)28(39-23-9-8-19(16-29)14-24(23)38-3)32-31-26(17)20-10-12-33(13-11-20)18(2)34/h5-10,14-15H,11-13H2,1-4H3,(H,30,35). The van der Waals surface area contributed by atoms with Gasteiger partial charge in [-0.2, -0.15) is 5.26 Å². The van der Waals surface area contributed by atoms with Crippen LogP contribution >= 0.6 is 0 Å². The van der Waals surface area contributed by atoms with E-state index >= 15 is 0 Å². The monoisotopic (exact) mass is 561 g/mol. The van der Waals surface area contributed by atoms with Gasteiger partial charge in [-0.1, -0.05) is 12.1 Å². The third kappa shape index (κ3) is 6.10. The summed E-state index contributed by atoms with van der Waals surface area (Å²) in [7, 11) is -2.08. The van der Waals surface area contributed by atoms with E-state index in [1.807, 2.05) is 12.1 Å². The number of amides is 2. The van der Waals surface area contributed by atoms with E-state index in [1.54, 1.807) is 17.9 Å². The van der Waals surface area contributed by atoms with Crippen LogP contribution in [0.25, 0.3) is 5.57 Å². The molecule has 1 aliphatic rings. The lowest BCUT2D eigenvalue weighted by Crippen LogP contribution is -2.32. The Bertz CT molecular complexity index is 1680. The van der Waals surface area contributed by atoms with E-state index in [4.69, 9.17) is 9.47 Å². The molecule has 0 unspecified atom stereocenters. The van der Waals surface area contributed by atoms with Gasteiger partial charge in [0.05, 0.1) is 29.3 Å². The summed E-state index contributed by atoms with van der Waals surface area (Å²) >= 11 is 0. The SMILES string of the molecule is COc1cc(C#N)ccc1Oc1nnc(C2=CCN(C(C)=O)CC2)c(C)c1C(=O)Nc1cccc(S(C)(=O)=O)c1. The van der Waals surface area contributed by atoms with Crippen molar-refractivity contribution in [1.82, 2.24) is 15.1 Å². The summed E-state index contributed by atoms with van der Waals surface area (Å²) in [5, 5.41) is 20.5. The van der Waals surface area contributed by atoms with Crippen molar-refractivity contribution in [3.05, 3.63) is 70.9 Å². The van der Waals surface area contributed by atoms with Gasteiger partial charge in [0.15, 0.2) is 21.3 Å². The van der Waals surface area contributed by atoms with Crippen LogP contribution in [0.15, 0.2) is 53.4 Å². The van der Waals surface area contributed by atoms with Gasteiger partial charge >= 0.3 is 0 Å². The third-order valence-electron chi connectivity index (χ3n) is 6.39. The zero-order valence-electron chi connectivity index (χ0n) is 22.4. The van der Waals surface area contributed by atoms with Crippen LogP contribution in [0.5, 0.6) is 17.4 Å². The molecule has 4 rings (SSSR count). The van der Waals surface area contributed by atoms with Crippen molar-refractivity contribution in [2.75, 3.05) is 31.8 Å². The van der Waals surface area contributed by atoms with Crippen LogP contribution in [-0.2, 0) is 14.6 Å². The van der Waals surface area contributed by atoms with Gasteiger partial charge in [-0.15, -0.1) is 10.2 Å². The first-order valence-corrected chi connectivity index (χ1v) is 14.1. The molecule has 206 valence electrons. The van der Waals surface area contributed by atoms with Crippen molar-refractivity contribution in [3.8, 4) is 23.4 Å². The van der Waals surface area contributed by atoms with Crippen molar-refractivity contribution < 1.29 is 27.5 Å². The fraction of sp³-hybridized carbons (Fsp3) is 0.250. The zero-order chi connectivity index (χ0) is 29.0. The van der Waals surface area contributed by atoms with Crippen molar-refractivity contribution in [2.45, 2.75) is 25.2 Å². The minimum atomic E-state index is -3.50. The molecule has 2 aromatic carbocycles. The maximum atomic E-state index is 13.7. The number of carbonyl (C=O) groups excluding carboxylic acids is 2. The smallest absolute Gasteiger partial charge is 0.261 e. The van der Waals surface area contributed by atoms with Crippen LogP contribution in [0.4, 0.5) is 5.69 Å². The molecular weight excluding hydrogens is 534 g/mol. The summed E-state index contributed by atoms with van der Waals surface area (Å²) < 4.78 is 35.4. The first kappa shape index (κ1) is 28.3. The second-order valence-electron chi connectivity index (χ2n) is 9.13. The molecule has 0 fully saturated rings. The van der Waals surface area contributed by atoms with Gasteiger partial charge in [-0.25, -0.2) is 8.42 Å². The number of hydrogen-bond donors (Lipinski definition) is 1. The maximum absolute atomic E-state index is 13.7. The molecule has 40 heavy (non-hydrogen) atoms. The summed E-state index contributed by atoms with van der Waals surface area (Å²) in [5.41, 5.74) is 2.50. The Balaban J connectivity index is 1.78. The number of nitrogens with zero attached hydrogens (tertiary/aromatic N) is 4. The van der Waals surface area contributed by atoms with E-state index in [0.717, 1.165) is 11.8 Å². The molecule has 1 aliphatic heterocycles. The van der Waals surface area contributed by atoms with Crippen LogP contribution in [0.3, 0.4) is 0 Å². The quantitative estimate of drug-likeness (QED) is 0.455. The number of sulfone groups is 1. The Labute approximate surface area is 232 Å². The van der Waals surface area contributed by atoms with E-state index in [1.165, 1.54) is 50.4 Å². The Morgan fingerprint density at radius 3 is 2.52 bits per heavy atom. The highest BCUT2D eigenvalue weighted by Crippen LogP contribution is 2.35. The molecule has 12 heteroatoms. The molecule has 0 atom stereocenters. The van der Waals surface area contributed by atoms with E-state index < -0.39 is 15.7 Å². The van der Waals surface area contributed by atoms with Crippen LogP contribution in [0, 0.1) is 18.3 Å². The van der Waals surface area contributed by atoms with Gasteiger partial charge in [0, 0.05) is 38.0 Å². The fourth-order valence-corrected chi connectivity index (χ4v) is 4.90. The summed E-state index contributed by atoms with van der Waals surface area (Å²) in [6.07, 6.45) is 3.48. The second kappa shape index (κ2) is 11.5. The highest BCUT2D eigenvalue weighted by Gasteiger charge is 2.26. The van der Waals surface area contributed by atoms with Crippen LogP contribution in [-0.4, -0.2) is 61.8 Å². The number of benzene rings is 2. The minimum Gasteiger partial charge on any atom is -0.493 e. The average Bonchev–Trinajstić information content (AvgIpc) is 2.93. The van der Waals surface area contributed by atoms with E-state index in [-0.39, 0.29) is 39.4 Å². The number of nitriles is 1. The molecule has 3 aromatic rings. The average molecular weight is 562 g/mol. The predicted octanol–water partition coefficient (Wildman–Crippen LogP) is 3.75. The normalized spacial score (nSPS) is 13.2. The van der Waals surface area contributed by atoms with Crippen LogP contribution in [0.2, 0.25) is 0 Å². The summed E-state index contributed by atoms with van der Waals surface area (Å²) in [4.78, 5) is 27.2. The Morgan fingerprint density at radius 2 is 1.90 bits per heavy atom. The minimum absolute atomic E-state index is 0.0328. The molecule has 0 saturated heterocycles. The van der Waals surface area contributed by atoms with Gasteiger partial charge < -0.3 is 19.7 Å². The van der Waals surface area contributed by atoms with E-state index in [0.29, 0.717) is 36.3 Å². The second-order valence-corrected chi connectivity index (χ2v) is 11.1. The first-order valence-electron chi connectivity index (χ1n) is 12.2. The lowest BCUT2D eigenvalue weighted by Gasteiger charge is -2.26. The van der Waals surface area contributed by atoms with Gasteiger partial charge in [-0.3, -0.25) is 9.59 Å². The van der Waals surface area contributed by atoms with E-state index in [2.05, 4.69) is 15.5 Å². The maximum Gasteiger partial charge on any atom is 0.261 e. The number of ether oxygens (including phenoxy) is 2. The molecule has 2 heterocycles. The first-order chi connectivity index (χ1) is 19.0. The van der Waals surface area contributed by atoms with E-state index in [9.17, 15) is 23.3 Å². The topological polar surface area (TPSA) is 152 Å². The molecule has 0 aliphatic carbocycles. The Kier molecular flexibility index (Phi) is 8.16. The molecule has 0 saturated carbocycles. The Morgan fingerprint density at radius 1 is 1.12 bits per heavy atom. The summed E-state index contributed by atoms with van der Waals surface area (Å²) in [6, 6.07) is 12.5. The molecule has 1 N–H and O–H groups in total. The molecular formula is C28H27N5O6S. The number of hydrogen-bond acceptors (Lipinski definition) is 9. The Hall–Kier alpha value is -4.76. The number of carbonyl (C=O) groups is 2. The number of nitrogens with one attached hydrogen (secondary N) is 1. The molecule has 0 radical (unpaired) electrons. The third-order valence-corrected chi connectivity index (χ3v) is 7.50. The van der Waals surface area contributed by atoms with Crippen molar-refractivity contribution in [2.24, 2.45) is 0 Å². The lowest BCUT2D eigenvalue weighted by atomic mass is 9.98. The van der Waals surface area contributed by atoms with Gasteiger partial charge in [0.1, 0.15) is 5.56 Å². The number of anilines is 1. The highest BCUT2D eigenvalue weighted by atomic mass is 32.2. The number of aromatic nitrogens is 2. The number of rotatable bonds is 7. The fourth-order valence-electron chi connectivity index (χ4n) is 4.24. The van der Waals surface area contributed by atoms with Crippen molar-refractivity contribution in [3.63, 3.8) is 0 Å². The zero-order valence-corrected chi connectivity index (χ0v) is 23.2. The highest BCUT2D eigenvalue weighted by molar-refractivity contribution is 7.90. The predicted molar refractivity (Wildman–Crippen MR) is 147 cm³/mol. The largest absolute Gasteiger partial charge is 0.493 e. The summed E-state index contributed by atoms with van der Waals surface area (Å²) in [5.74, 6) is -0.264. The van der Waals surface area contributed by atoms with Crippen molar-refractivity contribution in [1.29, 1.82) is 5.26 Å². The lowest BCUT2D eigenvalue weighted by molar-refractivity contribution is -0.128. The number of methoxy groups -OCH3 is 1. The van der Waals surface area contributed by atoms with Crippen LogP contribution in [0.1, 0.15) is 40.5 Å². The molecule has 0 spiro atoms. The summed E-state index contributed by atoms with van der Waals surface area (Å²) in [6.45, 7) is 4.14. The van der Waals surface area contributed by atoms with Gasteiger partial charge in [0.25, 0.3) is 11.8 Å². The molecule has 2 amide bonds. The molecule has 1 aromatic heterocycles. The molecule has 11 nitrogen and oxygen atoms in total. The molecule has 0 bridgehead atoms. The van der Waals surface area contributed by atoms with Gasteiger partial charge in [0.2, 0.25) is 5.91 Å². The van der Waals surface area contributed by atoms with Crippen LogP contribution < -0.4 is 14.8 Å². The van der Waals surface area contributed by atoms with Gasteiger partial charge in [-0.05, 0) is 54.8 Å².